The maximum Gasteiger partial charge on any atom is 0.411 e. The Balaban J connectivity index is 2.17. The van der Waals surface area contributed by atoms with Crippen LogP contribution in [-0.4, -0.2) is 51.0 Å². The molecule has 6 heteroatoms. The van der Waals surface area contributed by atoms with Gasteiger partial charge in [-0.05, 0) is 33.6 Å². The quantitative estimate of drug-likeness (QED) is 0.726. The van der Waals surface area contributed by atoms with Crippen molar-refractivity contribution in [3.8, 4) is 0 Å². The van der Waals surface area contributed by atoms with E-state index >= 15 is 0 Å². The number of rotatable bonds is 1. The number of hydrogen-bond acceptors (Lipinski definition) is 4. The Bertz CT molecular complexity index is 375. The Kier molecular flexibility index (Phi) is 3.01. The fraction of sp³-hybridized carbons (Fsp3) is 0.833. The highest BCUT2D eigenvalue weighted by molar-refractivity contribution is 5.82. The summed E-state index contributed by atoms with van der Waals surface area (Å²) in [5.41, 5.74) is -0.652. The third-order valence-electron chi connectivity index (χ3n) is 3.51. The summed E-state index contributed by atoms with van der Waals surface area (Å²) in [6, 6.07) is -1.19. The molecule has 2 aliphatic rings. The van der Waals surface area contributed by atoms with Crippen LogP contribution in [0.25, 0.3) is 0 Å². The molecule has 2 N–H and O–H groups in total. The number of carboxylic acids is 1. The van der Waals surface area contributed by atoms with Crippen LogP contribution in [0.2, 0.25) is 0 Å². The van der Waals surface area contributed by atoms with Gasteiger partial charge in [0.25, 0.3) is 0 Å². The highest BCUT2D eigenvalue weighted by Crippen LogP contribution is 2.43. The minimum Gasteiger partial charge on any atom is -0.480 e. The number of carboxylic acid groups (broad SMARTS) is 1. The molecule has 0 aromatic heterocycles. The number of aliphatic hydroxyl groups excluding tert-OH is 1. The second-order valence-corrected chi connectivity index (χ2v) is 6.03. The molecule has 18 heavy (non-hydrogen) atoms. The molecule has 1 saturated carbocycles. The number of ether oxygens (including phenoxy) is 1. The van der Waals surface area contributed by atoms with Crippen molar-refractivity contribution in [1.29, 1.82) is 0 Å². The average molecular weight is 257 g/mol. The summed E-state index contributed by atoms with van der Waals surface area (Å²) in [6.45, 7) is 5.22. The van der Waals surface area contributed by atoms with Crippen molar-refractivity contribution in [1.82, 2.24) is 4.90 Å². The molecule has 2 rings (SSSR count). The van der Waals surface area contributed by atoms with Crippen molar-refractivity contribution in [3.05, 3.63) is 0 Å². The van der Waals surface area contributed by atoms with E-state index in [1.54, 1.807) is 20.8 Å². The lowest BCUT2D eigenvalue weighted by Crippen LogP contribution is -2.53. The maximum atomic E-state index is 12.0. The SMILES string of the molecule is CC(C)(C)OC(=O)N1C(C(=O)O)[C@@H]2C[C@H]1C[C@H]2O. The second kappa shape index (κ2) is 4.12. The Morgan fingerprint density at radius 1 is 1.28 bits per heavy atom. The molecule has 2 fully saturated rings. The number of amides is 1. The lowest BCUT2D eigenvalue weighted by Gasteiger charge is -2.35. The Labute approximate surface area is 106 Å². The molecule has 1 aliphatic heterocycles. The van der Waals surface area contributed by atoms with Gasteiger partial charge in [-0.15, -0.1) is 0 Å². The van der Waals surface area contributed by atoms with E-state index in [-0.39, 0.29) is 12.0 Å². The molecule has 1 unspecified atom stereocenters. The first-order chi connectivity index (χ1) is 8.20. The molecule has 102 valence electrons. The van der Waals surface area contributed by atoms with Gasteiger partial charge in [0.05, 0.1) is 6.10 Å². The van der Waals surface area contributed by atoms with Crippen LogP contribution in [0.5, 0.6) is 0 Å². The molecule has 1 heterocycles. The first kappa shape index (κ1) is 13.1. The van der Waals surface area contributed by atoms with Gasteiger partial charge in [-0.2, -0.15) is 0 Å². The number of likely N-dealkylation sites (tertiary alicyclic amines) is 1. The summed E-state index contributed by atoms with van der Waals surface area (Å²) in [5.74, 6) is -1.45. The molecule has 1 amide bonds. The fourth-order valence-electron chi connectivity index (χ4n) is 2.90. The number of carbonyl (C=O) groups is 2. The second-order valence-electron chi connectivity index (χ2n) is 6.03. The largest absolute Gasteiger partial charge is 0.480 e. The minimum absolute atomic E-state index is 0.221. The van der Waals surface area contributed by atoms with Crippen LogP contribution < -0.4 is 0 Å². The standard InChI is InChI=1S/C12H19NO5/c1-12(2,3)18-11(17)13-6-4-7(8(14)5-6)9(13)10(15)16/h6-9,14H,4-5H2,1-3H3,(H,15,16)/t6-,7+,8+,9?/m0/s1. The van der Waals surface area contributed by atoms with Gasteiger partial charge in [0, 0.05) is 12.0 Å². The lowest BCUT2D eigenvalue weighted by molar-refractivity contribution is -0.147. The molecule has 1 saturated heterocycles. The third-order valence-corrected chi connectivity index (χ3v) is 3.51. The summed E-state index contributed by atoms with van der Waals surface area (Å²) in [6.07, 6.45) is -0.255. The zero-order valence-electron chi connectivity index (χ0n) is 10.8. The van der Waals surface area contributed by atoms with Crippen molar-refractivity contribution in [3.63, 3.8) is 0 Å². The van der Waals surface area contributed by atoms with Crippen molar-refractivity contribution >= 4 is 12.1 Å². The molecule has 0 aromatic carbocycles. The van der Waals surface area contributed by atoms with Crippen LogP contribution in [0.15, 0.2) is 0 Å². The Morgan fingerprint density at radius 2 is 1.89 bits per heavy atom. The lowest BCUT2D eigenvalue weighted by atomic mass is 9.96. The van der Waals surface area contributed by atoms with E-state index < -0.39 is 29.8 Å². The number of piperidine rings is 1. The summed E-state index contributed by atoms with van der Waals surface area (Å²) >= 11 is 0. The summed E-state index contributed by atoms with van der Waals surface area (Å²) < 4.78 is 5.23. The molecule has 6 nitrogen and oxygen atoms in total. The molecular formula is C12H19NO5. The van der Waals surface area contributed by atoms with Crippen LogP contribution in [0.3, 0.4) is 0 Å². The highest BCUT2D eigenvalue weighted by Gasteiger charge is 2.56. The first-order valence-electron chi connectivity index (χ1n) is 6.13. The van der Waals surface area contributed by atoms with Crippen molar-refractivity contribution in [2.24, 2.45) is 5.92 Å². The molecule has 2 bridgehead atoms. The topological polar surface area (TPSA) is 87.1 Å². The third kappa shape index (κ3) is 2.16. The zero-order chi connectivity index (χ0) is 13.7. The van der Waals surface area contributed by atoms with E-state index in [1.807, 2.05) is 0 Å². The van der Waals surface area contributed by atoms with Gasteiger partial charge >= 0.3 is 12.1 Å². The van der Waals surface area contributed by atoms with Crippen molar-refractivity contribution < 1.29 is 24.5 Å². The molecule has 0 spiro atoms. The van der Waals surface area contributed by atoms with Gasteiger partial charge in [0.2, 0.25) is 0 Å². The van der Waals surface area contributed by atoms with Crippen LogP contribution in [0.4, 0.5) is 4.79 Å². The monoisotopic (exact) mass is 257 g/mol. The Morgan fingerprint density at radius 3 is 2.39 bits per heavy atom. The number of hydrogen-bond donors (Lipinski definition) is 2. The van der Waals surface area contributed by atoms with Gasteiger partial charge in [-0.25, -0.2) is 9.59 Å². The van der Waals surface area contributed by atoms with E-state index in [0.717, 1.165) is 0 Å². The predicted molar refractivity (Wildman–Crippen MR) is 62.0 cm³/mol. The normalized spacial score (nSPS) is 34.8. The van der Waals surface area contributed by atoms with Crippen molar-refractivity contribution in [2.75, 3.05) is 0 Å². The van der Waals surface area contributed by atoms with Gasteiger partial charge in [0.1, 0.15) is 11.6 Å². The van der Waals surface area contributed by atoms with Crippen LogP contribution in [-0.2, 0) is 9.53 Å². The molecule has 0 aromatic rings. The van der Waals surface area contributed by atoms with Gasteiger partial charge < -0.3 is 14.9 Å². The highest BCUT2D eigenvalue weighted by atomic mass is 16.6. The van der Waals surface area contributed by atoms with Crippen LogP contribution >= 0.6 is 0 Å². The number of carbonyl (C=O) groups excluding carboxylic acids is 1. The summed E-state index contributed by atoms with van der Waals surface area (Å²) in [7, 11) is 0. The maximum absolute atomic E-state index is 12.0. The van der Waals surface area contributed by atoms with Crippen LogP contribution in [0, 0.1) is 5.92 Å². The zero-order valence-corrected chi connectivity index (χ0v) is 10.8. The Hall–Kier alpha value is -1.30. The fourth-order valence-corrected chi connectivity index (χ4v) is 2.90. The summed E-state index contributed by atoms with van der Waals surface area (Å²) in [4.78, 5) is 24.6. The average Bonchev–Trinajstić information content (AvgIpc) is 2.69. The molecule has 1 aliphatic carbocycles. The number of fused-ring (bicyclic) bond motifs is 2. The molecular weight excluding hydrogens is 238 g/mol. The van der Waals surface area contributed by atoms with E-state index in [9.17, 15) is 19.8 Å². The molecule has 4 atom stereocenters. The van der Waals surface area contributed by atoms with Gasteiger partial charge in [-0.1, -0.05) is 0 Å². The number of nitrogens with zero attached hydrogens (tertiary/aromatic N) is 1. The smallest absolute Gasteiger partial charge is 0.411 e. The van der Waals surface area contributed by atoms with Crippen molar-refractivity contribution in [2.45, 2.75) is 57.4 Å². The van der Waals surface area contributed by atoms with E-state index in [1.165, 1.54) is 4.90 Å². The van der Waals surface area contributed by atoms with Gasteiger partial charge in [-0.3, -0.25) is 4.90 Å². The first-order valence-corrected chi connectivity index (χ1v) is 6.13. The minimum atomic E-state index is -1.08. The molecule has 0 radical (unpaired) electrons. The number of aliphatic carboxylic acids is 1. The van der Waals surface area contributed by atoms with E-state index in [2.05, 4.69) is 0 Å². The van der Waals surface area contributed by atoms with Gasteiger partial charge in [0.15, 0.2) is 0 Å². The van der Waals surface area contributed by atoms with E-state index in [4.69, 9.17) is 4.74 Å². The predicted octanol–water partition coefficient (Wildman–Crippen LogP) is 0.830. The summed E-state index contributed by atoms with van der Waals surface area (Å²) in [5, 5.41) is 18.9. The number of aliphatic hydroxyl groups is 1. The van der Waals surface area contributed by atoms with Crippen LogP contribution in [0.1, 0.15) is 33.6 Å². The van der Waals surface area contributed by atoms with E-state index in [0.29, 0.717) is 12.8 Å².